The van der Waals surface area contributed by atoms with Crippen LogP contribution in [0.5, 0.6) is 0 Å². The zero-order chi connectivity index (χ0) is 15.5. The van der Waals surface area contributed by atoms with Crippen LogP contribution in [0.3, 0.4) is 0 Å². The average Bonchev–Trinajstić information content (AvgIpc) is 3.15. The first-order chi connectivity index (χ1) is 10.7. The monoisotopic (exact) mass is 325 g/mol. The normalized spacial score (nSPS) is 26.5. The third-order valence-electron chi connectivity index (χ3n) is 4.41. The third-order valence-corrected chi connectivity index (χ3v) is 5.24. The largest absolute Gasteiger partial charge is 0.379 e. The van der Waals surface area contributed by atoms with Gasteiger partial charge in [0.25, 0.3) is 5.91 Å². The summed E-state index contributed by atoms with van der Waals surface area (Å²) >= 11 is 1.48. The van der Waals surface area contributed by atoms with Gasteiger partial charge in [-0.25, -0.2) is 4.98 Å². The number of methoxy groups -OCH3 is 1. The molecule has 1 aromatic heterocycles. The Bertz CT molecular complexity index is 516. The highest BCUT2D eigenvalue weighted by Crippen LogP contribution is 2.24. The smallest absolute Gasteiger partial charge is 0.273 e. The number of likely N-dealkylation sites (tertiary alicyclic amines) is 1. The van der Waals surface area contributed by atoms with Gasteiger partial charge in [-0.2, -0.15) is 0 Å². The summed E-state index contributed by atoms with van der Waals surface area (Å²) in [5, 5.41) is 2.69. The van der Waals surface area contributed by atoms with Crippen molar-refractivity contribution in [3.8, 4) is 0 Å². The van der Waals surface area contributed by atoms with Crippen molar-refractivity contribution in [2.24, 2.45) is 5.92 Å². The van der Waals surface area contributed by atoms with Gasteiger partial charge in [0, 0.05) is 44.7 Å². The number of thiazole rings is 1. The first kappa shape index (κ1) is 15.9. The zero-order valence-corrected chi connectivity index (χ0v) is 14.0. The molecule has 0 spiro atoms. The Morgan fingerprint density at radius 2 is 2.23 bits per heavy atom. The Hall–Kier alpha value is -1.02. The lowest BCUT2D eigenvalue weighted by Crippen LogP contribution is -2.47. The second-order valence-electron chi connectivity index (χ2n) is 5.96. The van der Waals surface area contributed by atoms with Gasteiger partial charge in [-0.3, -0.25) is 9.69 Å². The number of carbonyl (C=O) groups is 1. The van der Waals surface area contributed by atoms with E-state index in [0.29, 0.717) is 24.3 Å². The van der Waals surface area contributed by atoms with Crippen molar-refractivity contribution >= 4 is 17.2 Å². The molecule has 0 saturated carbocycles. The van der Waals surface area contributed by atoms with Crippen molar-refractivity contribution in [2.45, 2.75) is 19.6 Å². The predicted octanol–water partition coefficient (Wildman–Crippen LogP) is 1.08. The lowest BCUT2D eigenvalue weighted by atomic mass is 10.0. The molecule has 22 heavy (non-hydrogen) atoms. The fourth-order valence-corrected chi connectivity index (χ4v) is 4.00. The van der Waals surface area contributed by atoms with Gasteiger partial charge in [0.2, 0.25) is 0 Å². The van der Waals surface area contributed by atoms with Gasteiger partial charge >= 0.3 is 0 Å². The first-order valence-corrected chi connectivity index (χ1v) is 8.61. The van der Waals surface area contributed by atoms with Gasteiger partial charge in [-0.1, -0.05) is 6.92 Å². The maximum Gasteiger partial charge on any atom is 0.273 e. The van der Waals surface area contributed by atoms with Crippen LogP contribution in [0.2, 0.25) is 0 Å². The molecule has 0 bridgehead atoms. The predicted molar refractivity (Wildman–Crippen MR) is 84.1 cm³/mol. The molecule has 6 nitrogen and oxygen atoms in total. The van der Waals surface area contributed by atoms with E-state index in [1.807, 2.05) is 10.3 Å². The molecule has 0 unspecified atom stereocenters. The number of carbonyl (C=O) groups excluding carboxylic acids is 1. The molecule has 2 atom stereocenters. The minimum atomic E-state index is 0.0428. The van der Waals surface area contributed by atoms with Gasteiger partial charge in [0.1, 0.15) is 10.7 Å². The van der Waals surface area contributed by atoms with Crippen molar-refractivity contribution < 1.29 is 14.3 Å². The minimum absolute atomic E-state index is 0.0428. The van der Waals surface area contributed by atoms with Crippen LogP contribution in [0.15, 0.2) is 5.38 Å². The summed E-state index contributed by atoms with van der Waals surface area (Å²) in [6.45, 7) is 7.80. The van der Waals surface area contributed by atoms with E-state index in [0.717, 1.165) is 44.4 Å². The Morgan fingerprint density at radius 1 is 1.45 bits per heavy atom. The number of nitrogens with zero attached hydrogens (tertiary/aromatic N) is 3. The molecule has 0 aliphatic carbocycles. The van der Waals surface area contributed by atoms with E-state index in [1.54, 1.807) is 7.11 Å². The van der Waals surface area contributed by atoms with Crippen LogP contribution < -0.4 is 0 Å². The Kier molecular flexibility index (Phi) is 5.07. The van der Waals surface area contributed by atoms with Gasteiger partial charge in [0.05, 0.1) is 19.8 Å². The second-order valence-corrected chi connectivity index (χ2v) is 6.91. The number of rotatable bonds is 4. The highest BCUT2D eigenvalue weighted by atomic mass is 32.1. The van der Waals surface area contributed by atoms with E-state index >= 15 is 0 Å². The first-order valence-electron chi connectivity index (χ1n) is 7.73. The lowest BCUT2D eigenvalue weighted by Gasteiger charge is -2.33. The molecule has 0 N–H and O–H groups in total. The van der Waals surface area contributed by atoms with Crippen molar-refractivity contribution in [1.82, 2.24) is 14.8 Å². The summed E-state index contributed by atoms with van der Waals surface area (Å²) in [4.78, 5) is 21.4. The summed E-state index contributed by atoms with van der Waals surface area (Å²) in [5.41, 5.74) is 0.548. The molecule has 2 fully saturated rings. The maximum absolute atomic E-state index is 12.6. The SMILES string of the molecule is COCc1nc(C(=O)N2C[C@@H](C)[C@H](N3CCOCC3)C2)cs1. The molecule has 2 saturated heterocycles. The highest BCUT2D eigenvalue weighted by molar-refractivity contribution is 7.09. The summed E-state index contributed by atoms with van der Waals surface area (Å²) in [5.74, 6) is 0.528. The van der Waals surface area contributed by atoms with E-state index in [2.05, 4.69) is 16.8 Å². The van der Waals surface area contributed by atoms with Crippen molar-refractivity contribution in [2.75, 3.05) is 46.5 Å². The molecule has 1 amide bonds. The van der Waals surface area contributed by atoms with Gasteiger partial charge in [-0.15, -0.1) is 11.3 Å². The second kappa shape index (κ2) is 7.04. The van der Waals surface area contributed by atoms with Crippen LogP contribution in [0.25, 0.3) is 0 Å². The molecule has 3 heterocycles. The third kappa shape index (κ3) is 3.32. The van der Waals surface area contributed by atoms with E-state index in [4.69, 9.17) is 9.47 Å². The lowest BCUT2D eigenvalue weighted by molar-refractivity contribution is 0.0119. The highest BCUT2D eigenvalue weighted by Gasteiger charge is 2.37. The number of morpholine rings is 1. The molecular weight excluding hydrogens is 302 g/mol. The molecule has 122 valence electrons. The van der Waals surface area contributed by atoms with Crippen molar-refractivity contribution in [3.63, 3.8) is 0 Å². The average molecular weight is 325 g/mol. The van der Waals surface area contributed by atoms with Gasteiger partial charge in [-0.05, 0) is 5.92 Å². The summed E-state index contributed by atoms with van der Waals surface area (Å²) in [7, 11) is 1.64. The number of aromatic nitrogens is 1. The standard InChI is InChI=1S/C15H23N3O3S/c1-11-7-18(8-13(11)17-3-5-21-6-4-17)15(19)12-10-22-14(16-12)9-20-2/h10-11,13H,3-9H2,1-2H3/t11-,13-/m1/s1. The molecule has 7 heteroatoms. The molecular formula is C15H23N3O3S. The van der Waals surface area contributed by atoms with Crippen LogP contribution in [0.4, 0.5) is 0 Å². The zero-order valence-electron chi connectivity index (χ0n) is 13.2. The Balaban J connectivity index is 1.63. The summed E-state index contributed by atoms with van der Waals surface area (Å²) in [6, 6.07) is 0.435. The molecule has 3 rings (SSSR count). The summed E-state index contributed by atoms with van der Waals surface area (Å²) < 4.78 is 10.5. The number of hydrogen-bond acceptors (Lipinski definition) is 6. The minimum Gasteiger partial charge on any atom is -0.379 e. The van der Waals surface area contributed by atoms with Crippen molar-refractivity contribution in [3.05, 3.63) is 16.1 Å². The van der Waals surface area contributed by atoms with E-state index < -0.39 is 0 Å². The number of hydrogen-bond donors (Lipinski definition) is 0. The quantitative estimate of drug-likeness (QED) is 0.829. The fourth-order valence-electron chi connectivity index (χ4n) is 3.26. The molecule has 1 aromatic rings. The number of ether oxygens (including phenoxy) is 2. The van der Waals surface area contributed by atoms with Gasteiger partial charge < -0.3 is 14.4 Å². The van der Waals surface area contributed by atoms with E-state index in [-0.39, 0.29) is 5.91 Å². The number of amides is 1. The molecule has 0 aromatic carbocycles. The van der Waals surface area contributed by atoms with E-state index in [9.17, 15) is 4.79 Å². The van der Waals surface area contributed by atoms with Crippen LogP contribution in [-0.2, 0) is 16.1 Å². The fraction of sp³-hybridized carbons (Fsp3) is 0.733. The Labute approximate surface area is 135 Å². The topological polar surface area (TPSA) is 54.9 Å². The van der Waals surface area contributed by atoms with Crippen LogP contribution in [-0.4, -0.2) is 73.2 Å². The van der Waals surface area contributed by atoms with Crippen LogP contribution in [0.1, 0.15) is 22.4 Å². The maximum atomic E-state index is 12.6. The Morgan fingerprint density at radius 3 is 2.95 bits per heavy atom. The summed E-state index contributed by atoms with van der Waals surface area (Å²) in [6.07, 6.45) is 0. The van der Waals surface area contributed by atoms with E-state index in [1.165, 1.54) is 11.3 Å². The van der Waals surface area contributed by atoms with Gasteiger partial charge in [0.15, 0.2) is 0 Å². The molecule has 2 aliphatic heterocycles. The van der Waals surface area contributed by atoms with Crippen LogP contribution >= 0.6 is 11.3 Å². The van der Waals surface area contributed by atoms with Crippen LogP contribution in [0, 0.1) is 5.92 Å². The molecule has 2 aliphatic rings. The molecule has 0 radical (unpaired) electrons. The van der Waals surface area contributed by atoms with Crippen molar-refractivity contribution in [1.29, 1.82) is 0 Å².